The molecule has 148 valence electrons. The van der Waals surface area contributed by atoms with Crippen LogP contribution < -0.4 is 4.74 Å². The summed E-state index contributed by atoms with van der Waals surface area (Å²) in [6.07, 6.45) is 9.75. The van der Waals surface area contributed by atoms with Gasteiger partial charge in [0.25, 0.3) is 0 Å². The zero-order valence-corrected chi connectivity index (χ0v) is 16.8. The lowest BCUT2D eigenvalue weighted by Gasteiger charge is -2.52. The largest absolute Gasteiger partial charge is 0.497 e. The molecule has 2 unspecified atom stereocenters. The average molecular weight is 378 g/mol. The summed E-state index contributed by atoms with van der Waals surface area (Å²) in [5.74, 6) is 1.18. The number of rotatable bonds is 5. The van der Waals surface area contributed by atoms with Crippen molar-refractivity contribution in [3.8, 4) is 5.75 Å². The van der Waals surface area contributed by atoms with Crippen LogP contribution in [0.4, 0.5) is 0 Å². The Balaban J connectivity index is 1.58. The molecule has 2 aromatic carbocycles. The quantitative estimate of drug-likeness (QED) is 0.789. The van der Waals surface area contributed by atoms with E-state index in [4.69, 9.17) is 4.74 Å². The van der Waals surface area contributed by atoms with Gasteiger partial charge in [-0.2, -0.15) is 0 Å². The molecule has 0 aromatic heterocycles. The molecule has 0 bridgehead atoms. The number of ether oxygens (including phenoxy) is 1. The smallest absolute Gasteiger partial charge is 0.118 e. The van der Waals surface area contributed by atoms with Crippen LogP contribution in [0.2, 0.25) is 0 Å². The summed E-state index contributed by atoms with van der Waals surface area (Å²) < 4.78 is 5.35. The van der Waals surface area contributed by atoms with Crippen LogP contribution in [0, 0.1) is 5.92 Å². The predicted molar refractivity (Wildman–Crippen MR) is 114 cm³/mol. The van der Waals surface area contributed by atoms with Gasteiger partial charge in [-0.25, -0.2) is 0 Å². The van der Waals surface area contributed by atoms with Crippen LogP contribution in [0.15, 0.2) is 60.7 Å². The number of hydrogen-bond donors (Lipinski definition) is 1. The highest BCUT2D eigenvalue weighted by atomic mass is 16.5. The minimum absolute atomic E-state index is 0.255. The van der Waals surface area contributed by atoms with E-state index in [0.717, 1.165) is 44.5 Å². The van der Waals surface area contributed by atoms with Crippen molar-refractivity contribution in [1.29, 1.82) is 0 Å². The van der Waals surface area contributed by atoms with E-state index in [1.54, 1.807) is 7.11 Å². The molecule has 28 heavy (non-hydrogen) atoms. The second-order valence-corrected chi connectivity index (χ2v) is 8.23. The lowest BCUT2D eigenvalue weighted by atomic mass is 9.66. The third kappa shape index (κ3) is 4.01. The van der Waals surface area contributed by atoms with E-state index in [9.17, 15) is 5.11 Å². The fraction of sp³-hybridized carbons (Fsp3) is 0.440. The minimum atomic E-state index is -0.511. The van der Waals surface area contributed by atoms with Gasteiger partial charge < -0.3 is 9.84 Å². The molecule has 2 aliphatic rings. The Bertz CT molecular complexity index is 786. The van der Waals surface area contributed by atoms with Gasteiger partial charge >= 0.3 is 0 Å². The maximum atomic E-state index is 11.4. The van der Waals surface area contributed by atoms with Gasteiger partial charge in [0.15, 0.2) is 0 Å². The van der Waals surface area contributed by atoms with Crippen molar-refractivity contribution < 1.29 is 9.84 Å². The second-order valence-electron chi connectivity index (χ2n) is 8.23. The molecule has 0 radical (unpaired) electrons. The fourth-order valence-corrected chi connectivity index (χ4v) is 5.08. The minimum Gasteiger partial charge on any atom is -0.497 e. The third-order valence-corrected chi connectivity index (χ3v) is 6.58. The van der Waals surface area contributed by atoms with E-state index in [-0.39, 0.29) is 6.04 Å². The molecule has 1 aliphatic carbocycles. The Morgan fingerprint density at radius 1 is 1.07 bits per heavy atom. The first-order valence-electron chi connectivity index (χ1n) is 10.5. The molecule has 0 amide bonds. The highest BCUT2D eigenvalue weighted by Crippen LogP contribution is 2.49. The monoisotopic (exact) mass is 377 g/mol. The molecule has 0 spiro atoms. The highest BCUT2D eigenvalue weighted by molar-refractivity contribution is 5.48. The third-order valence-electron chi connectivity index (χ3n) is 6.58. The molecular formula is C25H31NO2. The van der Waals surface area contributed by atoms with Crippen LogP contribution in [0.5, 0.6) is 5.75 Å². The Morgan fingerprint density at radius 3 is 2.61 bits per heavy atom. The van der Waals surface area contributed by atoms with Gasteiger partial charge in [-0.05, 0) is 42.5 Å². The van der Waals surface area contributed by atoms with Crippen LogP contribution >= 0.6 is 0 Å². The summed E-state index contributed by atoms with van der Waals surface area (Å²) in [5.41, 5.74) is 2.01. The van der Waals surface area contributed by atoms with Gasteiger partial charge in [-0.15, -0.1) is 0 Å². The first-order chi connectivity index (χ1) is 13.7. The van der Waals surface area contributed by atoms with Crippen LogP contribution in [-0.2, 0) is 0 Å². The summed E-state index contributed by atoms with van der Waals surface area (Å²) in [6, 6.07) is 19.2. The Labute approximate surface area is 168 Å². The number of benzene rings is 2. The van der Waals surface area contributed by atoms with Crippen molar-refractivity contribution in [2.24, 2.45) is 5.92 Å². The molecule has 3 heteroatoms. The zero-order valence-electron chi connectivity index (χ0n) is 16.8. The van der Waals surface area contributed by atoms with Crippen molar-refractivity contribution in [3.05, 3.63) is 71.8 Å². The van der Waals surface area contributed by atoms with Crippen LogP contribution in [0.25, 0.3) is 6.08 Å². The topological polar surface area (TPSA) is 32.7 Å². The zero-order chi connectivity index (χ0) is 19.4. The molecule has 1 saturated carbocycles. The second kappa shape index (κ2) is 8.50. The summed E-state index contributed by atoms with van der Waals surface area (Å²) in [4.78, 5) is 2.55. The van der Waals surface area contributed by atoms with Gasteiger partial charge in [0.05, 0.1) is 12.7 Å². The summed E-state index contributed by atoms with van der Waals surface area (Å²) >= 11 is 0. The van der Waals surface area contributed by atoms with Crippen molar-refractivity contribution in [2.75, 3.05) is 20.2 Å². The van der Waals surface area contributed by atoms with Gasteiger partial charge in [0, 0.05) is 25.0 Å². The van der Waals surface area contributed by atoms with E-state index in [0.29, 0.717) is 5.92 Å². The number of piperidine rings is 1. The van der Waals surface area contributed by atoms with Gasteiger partial charge in [-0.1, -0.05) is 67.5 Å². The lowest BCUT2D eigenvalue weighted by molar-refractivity contribution is -0.122. The van der Waals surface area contributed by atoms with Gasteiger partial charge in [-0.3, -0.25) is 4.90 Å². The lowest BCUT2D eigenvalue weighted by Crippen LogP contribution is -2.54. The summed E-state index contributed by atoms with van der Waals surface area (Å²) in [5, 5.41) is 11.4. The standard InChI is InChI=1S/C25H31NO2/c1-28-22-14-12-21(13-15-22)24-23-11-5-6-16-25(23,27)17-19-26(24)18-7-10-20-8-3-2-4-9-20/h2-4,7-10,12-15,23-24,27H,5-6,11,16-19H2,1H3/b10-7+/t23?,24-,25?/m0/s1. The summed E-state index contributed by atoms with van der Waals surface area (Å²) in [7, 11) is 1.70. The van der Waals surface area contributed by atoms with Crippen molar-refractivity contribution in [2.45, 2.75) is 43.7 Å². The molecule has 1 aliphatic heterocycles. The molecular weight excluding hydrogens is 346 g/mol. The number of methoxy groups -OCH3 is 1. The van der Waals surface area contributed by atoms with Gasteiger partial charge in [0.2, 0.25) is 0 Å². The van der Waals surface area contributed by atoms with Crippen LogP contribution in [-0.4, -0.2) is 35.8 Å². The van der Waals surface area contributed by atoms with Gasteiger partial charge in [0.1, 0.15) is 5.75 Å². The predicted octanol–water partition coefficient (Wildman–Crippen LogP) is 5.08. The van der Waals surface area contributed by atoms with E-state index in [1.165, 1.54) is 17.5 Å². The van der Waals surface area contributed by atoms with E-state index in [1.807, 2.05) is 18.2 Å². The number of likely N-dealkylation sites (tertiary alicyclic amines) is 1. The number of fused-ring (bicyclic) bond motifs is 1. The Kier molecular flexibility index (Phi) is 5.84. The Hall–Kier alpha value is -2.10. The maximum Gasteiger partial charge on any atom is 0.118 e. The summed E-state index contributed by atoms with van der Waals surface area (Å²) in [6.45, 7) is 1.83. The molecule has 3 atom stereocenters. The first-order valence-corrected chi connectivity index (χ1v) is 10.5. The van der Waals surface area contributed by atoms with E-state index < -0.39 is 5.60 Å². The van der Waals surface area contributed by atoms with Crippen LogP contribution in [0.3, 0.4) is 0 Å². The molecule has 1 saturated heterocycles. The average Bonchev–Trinajstić information content (AvgIpc) is 2.74. The highest BCUT2D eigenvalue weighted by Gasteiger charge is 2.48. The fourth-order valence-electron chi connectivity index (χ4n) is 5.08. The molecule has 4 rings (SSSR count). The number of nitrogens with zero attached hydrogens (tertiary/aromatic N) is 1. The maximum absolute atomic E-state index is 11.4. The molecule has 2 fully saturated rings. The van der Waals surface area contributed by atoms with E-state index in [2.05, 4.69) is 53.5 Å². The molecule has 1 heterocycles. The number of aliphatic hydroxyl groups is 1. The molecule has 1 N–H and O–H groups in total. The van der Waals surface area contributed by atoms with Crippen molar-refractivity contribution >= 4 is 6.08 Å². The Morgan fingerprint density at radius 2 is 1.86 bits per heavy atom. The SMILES string of the molecule is COc1ccc([C@H]2C3CCCCC3(O)CCN2C/C=C/c2ccccc2)cc1. The molecule has 3 nitrogen and oxygen atoms in total. The normalized spacial score (nSPS) is 28.2. The molecule has 2 aromatic rings. The van der Waals surface area contributed by atoms with Crippen molar-refractivity contribution in [3.63, 3.8) is 0 Å². The van der Waals surface area contributed by atoms with E-state index >= 15 is 0 Å². The van der Waals surface area contributed by atoms with Crippen molar-refractivity contribution in [1.82, 2.24) is 4.90 Å². The first kappa shape index (κ1) is 19.2. The number of hydrogen-bond acceptors (Lipinski definition) is 3. The van der Waals surface area contributed by atoms with Crippen LogP contribution in [0.1, 0.15) is 49.3 Å².